The lowest BCUT2D eigenvalue weighted by Crippen LogP contribution is -2.40. The topological polar surface area (TPSA) is 41.6 Å². The van der Waals surface area contributed by atoms with Crippen LogP contribution in [0.4, 0.5) is 0 Å². The molecule has 0 atom stereocenters. The van der Waals surface area contributed by atoms with Crippen molar-refractivity contribution in [1.29, 1.82) is 0 Å². The quantitative estimate of drug-likeness (QED) is 0.538. The molecule has 1 aliphatic heterocycles. The SMILES string of the molecule is CCCCOC(=O)CN(CC1CCNCC1)C1CC1. The smallest absolute Gasteiger partial charge is 0.320 e. The molecule has 0 radical (unpaired) electrons. The number of hydrogen-bond acceptors (Lipinski definition) is 4. The number of piperidine rings is 1. The number of ether oxygens (including phenoxy) is 1. The fourth-order valence-electron chi connectivity index (χ4n) is 2.72. The molecule has 0 amide bonds. The Balaban J connectivity index is 1.71. The van der Waals surface area contributed by atoms with E-state index in [-0.39, 0.29) is 5.97 Å². The first-order valence-electron chi connectivity index (χ1n) is 7.90. The predicted octanol–water partition coefficient (Wildman–Crippen LogP) is 1.79. The van der Waals surface area contributed by atoms with Crippen LogP contribution in [0.5, 0.6) is 0 Å². The van der Waals surface area contributed by atoms with Crippen molar-refractivity contribution in [3.05, 3.63) is 0 Å². The van der Waals surface area contributed by atoms with Gasteiger partial charge in [-0.3, -0.25) is 9.69 Å². The summed E-state index contributed by atoms with van der Waals surface area (Å²) in [6, 6.07) is 0.647. The maximum absolute atomic E-state index is 11.8. The molecule has 19 heavy (non-hydrogen) atoms. The van der Waals surface area contributed by atoms with Gasteiger partial charge >= 0.3 is 5.97 Å². The van der Waals surface area contributed by atoms with Gasteiger partial charge in [0, 0.05) is 12.6 Å². The number of nitrogens with zero attached hydrogens (tertiary/aromatic N) is 1. The van der Waals surface area contributed by atoms with Gasteiger partial charge < -0.3 is 10.1 Å². The molecule has 0 spiro atoms. The number of unbranched alkanes of at least 4 members (excludes halogenated alkanes) is 1. The average molecular weight is 268 g/mol. The number of rotatable bonds is 8. The monoisotopic (exact) mass is 268 g/mol. The predicted molar refractivity (Wildman–Crippen MR) is 76.1 cm³/mol. The van der Waals surface area contributed by atoms with Gasteiger partial charge in [0.15, 0.2) is 0 Å². The van der Waals surface area contributed by atoms with Gasteiger partial charge in [-0.15, -0.1) is 0 Å². The molecule has 1 saturated carbocycles. The van der Waals surface area contributed by atoms with E-state index in [0.717, 1.165) is 38.4 Å². The first-order chi connectivity index (χ1) is 9.29. The van der Waals surface area contributed by atoms with E-state index in [0.29, 0.717) is 19.2 Å². The minimum atomic E-state index is -0.0331. The van der Waals surface area contributed by atoms with Crippen LogP contribution in [0.25, 0.3) is 0 Å². The van der Waals surface area contributed by atoms with Gasteiger partial charge in [0.1, 0.15) is 0 Å². The van der Waals surface area contributed by atoms with Crippen molar-refractivity contribution in [3.8, 4) is 0 Å². The van der Waals surface area contributed by atoms with Crippen LogP contribution >= 0.6 is 0 Å². The number of nitrogens with one attached hydrogen (secondary N) is 1. The van der Waals surface area contributed by atoms with Gasteiger partial charge in [-0.05, 0) is 51.1 Å². The summed E-state index contributed by atoms with van der Waals surface area (Å²) in [7, 11) is 0. The highest BCUT2D eigenvalue weighted by atomic mass is 16.5. The van der Waals surface area contributed by atoms with Crippen molar-refractivity contribution >= 4 is 5.97 Å². The molecule has 4 nitrogen and oxygen atoms in total. The molecule has 110 valence electrons. The van der Waals surface area contributed by atoms with Gasteiger partial charge in [0.25, 0.3) is 0 Å². The normalized spacial score (nSPS) is 20.7. The van der Waals surface area contributed by atoms with Crippen molar-refractivity contribution in [1.82, 2.24) is 10.2 Å². The lowest BCUT2D eigenvalue weighted by Gasteiger charge is -2.29. The fraction of sp³-hybridized carbons (Fsp3) is 0.933. The van der Waals surface area contributed by atoms with E-state index in [2.05, 4.69) is 17.1 Å². The second-order valence-electron chi connectivity index (χ2n) is 5.93. The van der Waals surface area contributed by atoms with Crippen LogP contribution in [0.2, 0.25) is 0 Å². The maximum atomic E-state index is 11.8. The third kappa shape index (κ3) is 5.49. The third-order valence-corrected chi connectivity index (χ3v) is 4.11. The summed E-state index contributed by atoms with van der Waals surface area (Å²) in [6.45, 7) is 6.53. The molecule has 0 aromatic heterocycles. The van der Waals surface area contributed by atoms with Crippen LogP contribution in [0.15, 0.2) is 0 Å². The van der Waals surface area contributed by atoms with Crippen molar-refractivity contribution in [3.63, 3.8) is 0 Å². The summed E-state index contributed by atoms with van der Waals surface area (Å²) >= 11 is 0. The first kappa shape index (κ1) is 14.8. The van der Waals surface area contributed by atoms with Crippen LogP contribution in [0.1, 0.15) is 45.4 Å². The summed E-state index contributed by atoms with van der Waals surface area (Å²) in [5, 5.41) is 3.40. The second-order valence-corrected chi connectivity index (χ2v) is 5.93. The van der Waals surface area contributed by atoms with E-state index in [1.54, 1.807) is 0 Å². The largest absolute Gasteiger partial charge is 0.465 e. The van der Waals surface area contributed by atoms with Crippen molar-refractivity contribution in [2.75, 3.05) is 32.8 Å². The average Bonchev–Trinajstić information content (AvgIpc) is 3.24. The maximum Gasteiger partial charge on any atom is 0.320 e. The molecule has 4 heteroatoms. The number of carbonyl (C=O) groups is 1. The Morgan fingerprint density at radius 3 is 2.63 bits per heavy atom. The van der Waals surface area contributed by atoms with Gasteiger partial charge in [-0.2, -0.15) is 0 Å². The fourth-order valence-corrected chi connectivity index (χ4v) is 2.72. The van der Waals surface area contributed by atoms with Gasteiger partial charge in [0.05, 0.1) is 13.2 Å². The van der Waals surface area contributed by atoms with E-state index in [1.807, 2.05) is 0 Å². The van der Waals surface area contributed by atoms with Gasteiger partial charge in [-0.1, -0.05) is 13.3 Å². The highest BCUT2D eigenvalue weighted by Crippen LogP contribution is 2.28. The van der Waals surface area contributed by atoms with Crippen molar-refractivity contribution < 1.29 is 9.53 Å². The van der Waals surface area contributed by atoms with E-state index in [9.17, 15) is 4.79 Å². The van der Waals surface area contributed by atoms with Crippen molar-refractivity contribution in [2.24, 2.45) is 5.92 Å². The third-order valence-electron chi connectivity index (χ3n) is 4.11. The molecule has 0 aromatic carbocycles. The zero-order chi connectivity index (χ0) is 13.5. The lowest BCUT2D eigenvalue weighted by atomic mass is 9.97. The Labute approximate surface area is 116 Å². The zero-order valence-corrected chi connectivity index (χ0v) is 12.2. The lowest BCUT2D eigenvalue weighted by molar-refractivity contribution is -0.145. The zero-order valence-electron chi connectivity index (χ0n) is 12.2. The summed E-state index contributed by atoms with van der Waals surface area (Å²) in [4.78, 5) is 14.2. The minimum Gasteiger partial charge on any atom is -0.465 e. The van der Waals surface area contributed by atoms with Crippen LogP contribution in [-0.2, 0) is 9.53 Å². The van der Waals surface area contributed by atoms with Crippen LogP contribution in [0.3, 0.4) is 0 Å². The number of carbonyl (C=O) groups excluding carboxylic acids is 1. The molecule has 1 saturated heterocycles. The molecule has 2 rings (SSSR count). The Hall–Kier alpha value is -0.610. The molecule has 0 unspecified atom stereocenters. The Morgan fingerprint density at radius 2 is 2.00 bits per heavy atom. The summed E-state index contributed by atoms with van der Waals surface area (Å²) in [6.07, 6.45) is 7.06. The number of hydrogen-bond donors (Lipinski definition) is 1. The minimum absolute atomic E-state index is 0.0331. The summed E-state index contributed by atoms with van der Waals surface area (Å²) in [5.41, 5.74) is 0. The molecule has 2 aliphatic rings. The van der Waals surface area contributed by atoms with Gasteiger partial charge in [0.2, 0.25) is 0 Å². The van der Waals surface area contributed by atoms with Crippen molar-refractivity contribution in [2.45, 2.75) is 51.5 Å². The Bertz CT molecular complexity index is 273. The standard InChI is InChI=1S/C15H28N2O2/c1-2-3-10-19-15(18)12-17(14-4-5-14)11-13-6-8-16-9-7-13/h13-14,16H,2-12H2,1H3. The van der Waals surface area contributed by atoms with E-state index >= 15 is 0 Å². The number of esters is 1. The van der Waals surface area contributed by atoms with E-state index in [1.165, 1.54) is 25.7 Å². The van der Waals surface area contributed by atoms with Gasteiger partial charge in [-0.25, -0.2) is 0 Å². The first-order valence-corrected chi connectivity index (χ1v) is 7.90. The molecule has 1 N–H and O–H groups in total. The molecule has 1 aliphatic carbocycles. The molecular weight excluding hydrogens is 240 g/mol. The van der Waals surface area contributed by atoms with E-state index < -0.39 is 0 Å². The molecule has 0 aromatic rings. The molecule has 1 heterocycles. The Morgan fingerprint density at radius 1 is 1.26 bits per heavy atom. The highest BCUT2D eigenvalue weighted by molar-refractivity contribution is 5.71. The van der Waals surface area contributed by atoms with Crippen LogP contribution < -0.4 is 5.32 Å². The molecular formula is C15H28N2O2. The second kappa shape index (κ2) is 7.85. The summed E-state index contributed by atoms with van der Waals surface area (Å²) < 4.78 is 5.29. The van der Waals surface area contributed by atoms with Crippen LogP contribution in [0, 0.1) is 5.92 Å². The highest BCUT2D eigenvalue weighted by Gasteiger charge is 2.32. The van der Waals surface area contributed by atoms with E-state index in [4.69, 9.17) is 4.74 Å². The molecule has 2 fully saturated rings. The molecule has 0 bridgehead atoms. The summed E-state index contributed by atoms with van der Waals surface area (Å²) in [5.74, 6) is 0.722. The van der Waals surface area contributed by atoms with Crippen LogP contribution in [-0.4, -0.2) is 49.7 Å². The Kier molecular flexibility index (Phi) is 6.11.